The van der Waals surface area contributed by atoms with Gasteiger partial charge in [-0.15, -0.1) is 0 Å². The van der Waals surface area contributed by atoms with Crippen molar-refractivity contribution < 1.29 is 9.53 Å². The van der Waals surface area contributed by atoms with Crippen LogP contribution < -0.4 is 15.0 Å². The van der Waals surface area contributed by atoms with Gasteiger partial charge in [-0.25, -0.2) is 0 Å². The number of carbonyl (C=O) groups excluding carboxylic acids is 1. The van der Waals surface area contributed by atoms with Gasteiger partial charge in [-0.1, -0.05) is 60.7 Å². The Bertz CT molecular complexity index is 866. The molecule has 0 heterocycles. The first-order valence-corrected chi connectivity index (χ1v) is 9.63. The number of nitrogens with zero attached hydrogens (tertiary/aromatic N) is 1. The van der Waals surface area contributed by atoms with Crippen LogP contribution >= 0.6 is 0 Å². The average Bonchev–Trinajstić information content (AvgIpc) is 2.75. The molecule has 1 amide bonds. The smallest absolute Gasteiger partial charge is 0.229 e. The van der Waals surface area contributed by atoms with E-state index in [4.69, 9.17) is 4.74 Å². The van der Waals surface area contributed by atoms with Crippen LogP contribution in [0.3, 0.4) is 0 Å². The predicted molar refractivity (Wildman–Crippen MR) is 115 cm³/mol. The van der Waals surface area contributed by atoms with Gasteiger partial charge in [0.1, 0.15) is 5.75 Å². The van der Waals surface area contributed by atoms with E-state index >= 15 is 0 Å². The van der Waals surface area contributed by atoms with Gasteiger partial charge >= 0.3 is 0 Å². The molecule has 0 radical (unpaired) electrons. The Labute approximate surface area is 166 Å². The van der Waals surface area contributed by atoms with E-state index in [1.807, 2.05) is 96.8 Å². The maximum absolute atomic E-state index is 13.0. The van der Waals surface area contributed by atoms with Gasteiger partial charge < -0.3 is 15.0 Å². The fraction of sp³-hybridized carbons (Fsp3) is 0.208. The highest BCUT2D eigenvalue weighted by atomic mass is 16.5. The van der Waals surface area contributed by atoms with E-state index in [1.165, 1.54) is 0 Å². The van der Waals surface area contributed by atoms with Crippen LogP contribution in [0.25, 0.3) is 0 Å². The van der Waals surface area contributed by atoms with Crippen LogP contribution in [-0.2, 0) is 11.3 Å². The lowest BCUT2D eigenvalue weighted by Gasteiger charge is -2.23. The Kier molecular flexibility index (Phi) is 7.08. The van der Waals surface area contributed by atoms with E-state index in [0.717, 1.165) is 22.7 Å². The van der Waals surface area contributed by atoms with Gasteiger partial charge in [0.05, 0.1) is 18.8 Å². The van der Waals surface area contributed by atoms with Crippen molar-refractivity contribution in [3.63, 3.8) is 0 Å². The fourth-order valence-electron chi connectivity index (χ4n) is 3.03. The van der Waals surface area contributed by atoms with Crippen molar-refractivity contribution in [3.05, 3.63) is 90.5 Å². The molecule has 0 saturated heterocycles. The standard InChI is InChI=1S/C24H26N2O2/c1-2-28-23-16-10-9-15-22(23)25-18-17-24(27)26(21-13-7-4-8-14-21)19-20-11-5-3-6-12-20/h3-16,25H,2,17-19H2,1H3. The third-order valence-electron chi connectivity index (χ3n) is 4.39. The highest BCUT2D eigenvalue weighted by molar-refractivity contribution is 5.93. The molecule has 1 N–H and O–H groups in total. The lowest BCUT2D eigenvalue weighted by atomic mass is 10.2. The third-order valence-corrected chi connectivity index (χ3v) is 4.39. The summed E-state index contributed by atoms with van der Waals surface area (Å²) in [7, 11) is 0. The topological polar surface area (TPSA) is 41.6 Å². The van der Waals surface area contributed by atoms with Crippen molar-refractivity contribution in [2.45, 2.75) is 19.9 Å². The summed E-state index contributed by atoms with van der Waals surface area (Å²) in [5, 5.41) is 3.33. The maximum atomic E-state index is 13.0. The minimum Gasteiger partial charge on any atom is -0.492 e. The molecule has 0 bridgehead atoms. The van der Waals surface area contributed by atoms with Crippen LogP contribution in [0, 0.1) is 0 Å². The van der Waals surface area contributed by atoms with Crippen LogP contribution in [0.15, 0.2) is 84.9 Å². The number of benzene rings is 3. The number of carbonyl (C=O) groups is 1. The van der Waals surface area contributed by atoms with Gasteiger partial charge in [0.15, 0.2) is 0 Å². The van der Waals surface area contributed by atoms with Crippen molar-refractivity contribution in [2.75, 3.05) is 23.4 Å². The number of para-hydroxylation sites is 3. The first kappa shape index (κ1) is 19.5. The SMILES string of the molecule is CCOc1ccccc1NCCC(=O)N(Cc1ccccc1)c1ccccc1. The average molecular weight is 374 g/mol. The van der Waals surface area contributed by atoms with Crippen LogP contribution in [0.1, 0.15) is 18.9 Å². The largest absolute Gasteiger partial charge is 0.492 e. The molecule has 3 rings (SSSR count). The van der Waals surface area contributed by atoms with Crippen molar-refractivity contribution in [1.29, 1.82) is 0 Å². The van der Waals surface area contributed by atoms with Crippen molar-refractivity contribution in [3.8, 4) is 5.75 Å². The van der Waals surface area contributed by atoms with Gasteiger partial charge in [-0.3, -0.25) is 4.79 Å². The quantitative estimate of drug-likeness (QED) is 0.565. The summed E-state index contributed by atoms with van der Waals surface area (Å²) in [6.45, 7) is 3.67. The molecular weight excluding hydrogens is 348 g/mol. The predicted octanol–water partition coefficient (Wildman–Crippen LogP) is 5.12. The van der Waals surface area contributed by atoms with Gasteiger partial charge in [-0.2, -0.15) is 0 Å². The minimum atomic E-state index is 0.0800. The fourth-order valence-corrected chi connectivity index (χ4v) is 3.03. The Balaban J connectivity index is 1.66. The van der Waals surface area contributed by atoms with E-state index < -0.39 is 0 Å². The van der Waals surface area contributed by atoms with Gasteiger partial charge in [0, 0.05) is 18.7 Å². The second-order valence-electron chi connectivity index (χ2n) is 6.41. The number of hydrogen-bond donors (Lipinski definition) is 1. The number of amides is 1. The first-order chi connectivity index (χ1) is 13.8. The minimum absolute atomic E-state index is 0.0800. The zero-order chi connectivity index (χ0) is 19.6. The molecule has 3 aromatic rings. The number of hydrogen-bond acceptors (Lipinski definition) is 3. The molecule has 0 atom stereocenters. The number of ether oxygens (including phenoxy) is 1. The zero-order valence-electron chi connectivity index (χ0n) is 16.2. The Hall–Kier alpha value is -3.27. The molecule has 144 valence electrons. The van der Waals surface area contributed by atoms with Crippen LogP contribution in [0.5, 0.6) is 5.75 Å². The van der Waals surface area contributed by atoms with E-state index in [9.17, 15) is 4.79 Å². The Morgan fingerprint density at radius 2 is 1.54 bits per heavy atom. The monoisotopic (exact) mass is 374 g/mol. The molecule has 0 spiro atoms. The second kappa shape index (κ2) is 10.2. The molecule has 0 aromatic heterocycles. The molecule has 0 fully saturated rings. The molecule has 28 heavy (non-hydrogen) atoms. The molecule has 0 unspecified atom stereocenters. The molecule has 0 aliphatic heterocycles. The summed E-state index contributed by atoms with van der Waals surface area (Å²) in [5.41, 5.74) is 2.92. The molecule has 0 aliphatic carbocycles. The Morgan fingerprint density at radius 3 is 2.25 bits per heavy atom. The zero-order valence-corrected chi connectivity index (χ0v) is 16.2. The molecule has 3 aromatic carbocycles. The van der Waals surface area contributed by atoms with Crippen molar-refractivity contribution in [2.24, 2.45) is 0 Å². The normalized spacial score (nSPS) is 10.3. The number of nitrogens with one attached hydrogen (secondary N) is 1. The van der Waals surface area contributed by atoms with Crippen LogP contribution in [0.2, 0.25) is 0 Å². The Morgan fingerprint density at radius 1 is 0.893 bits per heavy atom. The number of anilines is 2. The summed E-state index contributed by atoms with van der Waals surface area (Å²) >= 11 is 0. The molecule has 0 saturated carbocycles. The van der Waals surface area contributed by atoms with Gasteiger partial charge in [-0.05, 0) is 36.8 Å². The van der Waals surface area contributed by atoms with Crippen molar-refractivity contribution >= 4 is 17.3 Å². The summed E-state index contributed by atoms with van der Waals surface area (Å²) in [6.07, 6.45) is 0.391. The second-order valence-corrected chi connectivity index (χ2v) is 6.41. The van der Waals surface area contributed by atoms with Gasteiger partial charge in [0.2, 0.25) is 5.91 Å². The molecule has 0 aliphatic rings. The van der Waals surface area contributed by atoms with Crippen molar-refractivity contribution in [1.82, 2.24) is 0 Å². The third kappa shape index (κ3) is 5.36. The highest BCUT2D eigenvalue weighted by Gasteiger charge is 2.16. The lowest BCUT2D eigenvalue weighted by molar-refractivity contribution is -0.118. The van der Waals surface area contributed by atoms with E-state index in [1.54, 1.807) is 0 Å². The van der Waals surface area contributed by atoms with Crippen LogP contribution in [-0.4, -0.2) is 19.1 Å². The summed E-state index contributed by atoms with van der Waals surface area (Å²) in [4.78, 5) is 14.8. The van der Waals surface area contributed by atoms with Gasteiger partial charge in [0.25, 0.3) is 0 Å². The summed E-state index contributed by atoms with van der Waals surface area (Å²) in [5.74, 6) is 0.887. The molecule has 4 nitrogen and oxygen atoms in total. The molecule has 4 heteroatoms. The highest BCUT2D eigenvalue weighted by Crippen LogP contribution is 2.24. The lowest BCUT2D eigenvalue weighted by Crippen LogP contribution is -2.31. The molecular formula is C24H26N2O2. The summed E-state index contributed by atoms with van der Waals surface area (Å²) in [6, 6.07) is 27.7. The number of rotatable bonds is 9. The van der Waals surface area contributed by atoms with E-state index in [2.05, 4.69) is 5.32 Å². The summed E-state index contributed by atoms with van der Waals surface area (Å²) < 4.78 is 5.63. The van der Waals surface area contributed by atoms with Crippen LogP contribution in [0.4, 0.5) is 11.4 Å². The maximum Gasteiger partial charge on any atom is 0.229 e. The van der Waals surface area contributed by atoms with E-state index in [-0.39, 0.29) is 5.91 Å². The van der Waals surface area contributed by atoms with E-state index in [0.29, 0.717) is 26.1 Å². The first-order valence-electron chi connectivity index (χ1n) is 9.63.